The van der Waals surface area contributed by atoms with Crippen molar-refractivity contribution < 1.29 is 4.74 Å². The van der Waals surface area contributed by atoms with Gasteiger partial charge < -0.3 is 10.1 Å². The minimum Gasteiger partial charge on any atom is -0.489 e. The van der Waals surface area contributed by atoms with Gasteiger partial charge in [0.15, 0.2) is 0 Å². The fourth-order valence-corrected chi connectivity index (χ4v) is 2.22. The summed E-state index contributed by atoms with van der Waals surface area (Å²) >= 11 is 0. The van der Waals surface area contributed by atoms with Crippen molar-refractivity contribution in [2.75, 3.05) is 0 Å². The van der Waals surface area contributed by atoms with Gasteiger partial charge in [0.25, 0.3) is 0 Å². The maximum absolute atomic E-state index is 5.82. The largest absolute Gasteiger partial charge is 0.489 e. The Balaban J connectivity index is 1.52. The molecule has 0 heterocycles. The molecule has 2 nitrogen and oxygen atoms in total. The summed E-state index contributed by atoms with van der Waals surface area (Å²) in [6.45, 7) is 3.69. The van der Waals surface area contributed by atoms with E-state index in [2.05, 4.69) is 60.8 Å². The van der Waals surface area contributed by atoms with Crippen LogP contribution in [0.25, 0.3) is 0 Å². The van der Waals surface area contributed by atoms with Crippen LogP contribution in [0.1, 0.15) is 29.5 Å². The number of rotatable bonds is 6. The summed E-state index contributed by atoms with van der Waals surface area (Å²) in [7, 11) is 0. The number of hydrogen-bond donors (Lipinski definition) is 1. The highest BCUT2D eigenvalue weighted by molar-refractivity contribution is 5.28. The van der Waals surface area contributed by atoms with Crippen molar-refractivity contribution in [3.05, 3.63) is 65.2 Å². The van der Waals surface area contributed by atoms with Crippen molar-refractivity contribution in [1.82, 2.24) is 5.32 Å². The second-order valence-electron chi connectivity index (χ2n) is 5.58. The molecule has 0 saturated heterocycles. The van der Waals surface area contributed by atoms with E-state index in [1.807, 2.05) is 0 Å². The molecule has 0 amide bonds. The lowest BCUT2D eigenvalue weighted by atomic mass is 10.1. The van der Waals surface area contributed by atoms with Gasteiger partial charge in [-0.15, -0.1) is 0 Å². The van der Waals surface area contributed by atoms with E-state index in [4.69, 9.17) is 4.74 Å². The van der Waals surface area contributed by atoms with E-state index in [-0.39, 0.29) is 0 Å². The molecule has 0 atom stereocenters. The normalized spacial score (nSPS) is 14.2. The summed E-state index contributed by atoms with van der Waals surface area (Å²) < 4.78 is 5.82. The molecule has 1 saturated carbocycles. The number of ether oxygens (including phenoxy) is 1. The van der Waals surface area contributed by atoms with E-state index in [0.717, 1.165) is 18.3 Å². The van der Waals surface area contributed by atoms with E-state index in [0.29, 0.717) is 6.61 Å². The fraction of sp³-hybridized carbons (Fsp3) is 0.333. The summed E-state index contributed by atoms with van der Waals surface area (Å²) in [5.41, 5.74) is 3.80. The predicted octanol–water partition coefficient (Wildman–Crippen LogP) is 3.83. The lowest BCUT2D eigenvalue weighted by molar-refractivity contribution is 0.306. The Labute approximate surface area is 120 Å². The lowest BCUT2D eigenvalue weighted by Gasteiger charge is -2.08. The highest BCUT2D eigenvalue weighted by atomic mass is 16.5. The molecule has 3 rings (SSSR count). The first kappa shape index (κ1) is 13.2. The third-order valence-electron chi connectivity index (χ3n) is 3.58. The number of nitrogens with one attached hydrogen (secondary N) is 1. The van der Waals surface area contributed by atoms with Gasteiger partial charge >= 0.3 is 0 Å². The van der Waals surface area contributed by atoms with E-state index >= 15 is 0 Å². The van der Waals surface area contributed by atoms with Gasteiger partial charge in [-0.2, -0.15) is 0 Å². The molecule has 0 bridgehead atoms. The van der Waals surface area contributed by atoms with Crippen LogP contribution in [-0.4, -0.2) is 6.04 Å². The molecule has 0 spiro atoms. The summed E-state index contributed by atoms with van der Waals surface area (Å²) in [6.07, 6.45) is 2.66. The van der Waals surface area contributed by atoms with Crippen molar-refractivity contribution in [1.29, 1.82) is 0 Å². The zero-order valence-electron chi connectivity index (χ0n) is 11.9. The summed E-state index contributed by atoms with van der Waals surface area (Å²) in [6, 6.07) is 17.6. The quantitative estimate of drug-likeness (QED) is 0.859. The molecule has 1 N–H and O–H groups in total. The van der Waals surface area contributed by atoms with Crippen LogP contribution < -0.4 is 10.1 Å². The number of hydrogen-bond acceptors (Lipinski definition) is 2. The van der Waals surface area contributed by atoms with Crippen molar-refractivity contribution in [2.45, 2.75) is 39.0 Å². The molecular formula is C18H21NO. The van der Waals surface area contributed by atoms with E-state index < -0.39 is 0 Å². The first-order chi connectivity index (χ1) is 9.79. The van der Waals surface area contributed by atoms with E-state index in [1.54, 1.807) is 0 Å². The van der Waals surface area contributed by atoms with Crippen LogP contribution >= 0.6 is 0 Å². The van der Waals surface area contributed by atoms with Gasteiger partial charge in [0.1, 0.15) is 12.4 Å². The van der Waals surface area contributed by atoms with Gasteiger partial charge in [-0.25, -0.2) is 0 Å². The Morgan fingerprint density at radius 3 is 2.55 bits per heavy atom. The van der Waals surface area contributed by atoms with Crippen LogP contribution in [0.2, 0.25) is 0 Å². The minimum absolute atomic E-state index is 0.626. The first-order valence-corrected chi connectivity index (χ1v) is 7.30. The number of benzene rings is 2. The lowest BCUT2D eigenvalue weighted by Crippen LogP contribution is -2.15. The second kappa shape index (κ2) is 6.10. The van der Waals surface area contributed by atoms with Crippen molar-refractivity contribution >= 4 is 0 Å². The van der Waals surface area contributed by atoms with Gasteiger partial charge in [0.2, 0.25) is 0 Å². The zero-order valence-corrected chi connectivity index (χ0v) is 11.9. The van der Waals surface area contributed by atoms with Crippen LogP contribution in [0.15, 0.2) is 48.5 Å². The monoisotopic (exact) mass is 267 g/mol. The van der Waals surface area contributed by atoms with Crippen LogP contribution in [0.5, 0.6) is 5.75 Å². The molecule has 104 valence electrons. The van der Waals surface area contributed by atoms with E-state index in [9.17, 15) is 0 Å². The fourth-order valence-electron chi connectivity index (χ4n) is 2.22. The zero-order chi connectivity index (χ0) is 13.8. The van der Waals surface area contributed by atoms with Gasteiger partial charge in [0, 0.05) is 12.6 Å². The Morgan fingerprint density at radius 1 is 1.05 bits per heavy atom. The third kappa shape index (κ3) is 3.84. The minimum atomic E-state index is 0.626. The van der Waals surface area contributed by atoms with Crippen LogP contribution in [0.4, 0.5) is 0 Å². The molecule has 2 heteroatoms. The molecule has 20 heavy (non-hydrogen) atoms. The average molecular weight is 267 g/mol. The molecular weight excluding hydrogens is 246 g/mol. The topological polar surface area (TPSA) is 21.3 Å². The standard InChI is InChI=1S/C18H21NO/c1-14-3-2-4-16(11-14)13-20-18-9-5-15(6-10-18)12-19-17-7-8-17/h2-6,9-11,17,19H,7-8,12-13H2,1H3. The smallest absolute Gasteiger partial charge is 0.119 e. The molecule has 0 unspecified atom stereocenters. The van der Waals surface area contributed by atoms with Crippen molar-refractivity contribution in [3.8, 4) is 5.75 Å². The maximum Gasteiger partial charge on any atom is 0.119 e. The highest BCUT2D eigenvalue weighted by Crippen LogP contribution is 2.20. The Kier molecular flexibility index (Phi) is 4.03. The Hall–Kier alpha value is -1.80. The van der Waals surface area contributed by atoms with Gasteiger partial charge in [-0.05, 0) is 43.0 Å². The van der Waals surface area contributed by atoms with Crippen LogP contribution in [0.3, 0.4) is 0 Å². The molecule has 1 aliphatic rings. The SMILES string of the molecule is Cc1cccc(COc2ccc(CNC3CC3)cc2)c1. The van der Waals surface area contributed by atoms with Crippen molar-refractivity contribution in [3.63, 3.8) is 0 Å². The van der Waals surface area contributed by atoms with Gasteiger partial charge in [-0.1, -0.05) is 42.0 Å². The first-order valence-electron chi connectivity index (χ1n) is 7.30. The van der Waals surface area contributed by atoms with Crippen molar-refractivity contribution in [2.24, 2.45) is 0 Å². The Bertz CT molecular complexity index is 558. The molecule has 0 aromatic heterocycles. The van der Waals surface area contributed by atoms with Gasteiger partial charge in [0.05, 0.1) is 0 Å². The molecule has 0 aliphatic heterocycles. The maximum atomic E-state index is 5.82. The molecule has 0 radical (unpaired) electrons. The third-order valence-corrected chi connectivity index (χ3v) is 3.58. The second-order valence-corrected chi connectivity index (χ2v) is 5.58. The molecule has 1 aliphatic carbocycles. The van der Waals surface area contributed by atoms with Crippen LogP contribution in [0, 0.1) is 6.92 Å². The Morgan fingerprint density at radius 2 is 1.85 bits per heavy atom. The van der Waals surface area contributed by atoms with Crippen LogP contribution in [-0.2, 0) is 13.2 Å². The summed E-state index contributed by atoms with van der Waals surface area (Å²) in [5, 5.41) is 3.52. The molecule has 2 aromatic carbocycles. The predicted molar refractivity (Wildman–Crippen MR) is 81.8 cm³/mol. The number of aryl methyl sites for hydroxylation is 1. The summed E-state index contributed by atoms with van der Waals surface area (Å²) in [5.74, 6) is 0.932. The molecule has 2 aromatic rings. The average Bonchev–Trinajstić information content (AvgIpc) is 3.28. The molecule has 1 fully saturated rings. The van der Waals surface area contributed by atoms with E-state index in [1.165, 1.54) is 29.5 Å². The highest BCUT2D eigenvalue weighted by Gasteiger charge is 2.19. The summed E-state index contributed by atoms with van der Waals surface area (Å²) in [4.78, 5) is 0. The van der Waals surface area contributed by atoms with Gasteiger partial charge in [-0.3, -0.25) is 0 Å².